The first-order valence-electron chi connectivity index (χ1n) is 4.58. The minimum atomic E-state index is 0.510. The van der Waals surface area contributed by atoms with Crippen LogP contribution >= 0.6 is 0 Å². The molecule has 0 aliphatic rings. The molecule has 1 aromatic heterocycles. The Labute approximate surface area is 78.3 Å². The van der Waals surface area contributed by atoms with Gasteiger partial charge in [-0.15, -0.1) is 0 Å². The average Bonchev–Trinajstić information content (AvgIpc) is 2.59. The van der Waals surface area contributed by atoms with E-state index < -0.39 is 0 Å². The third kappa shape index (κ3) is 3.57. The number of hydrogen-bond donors (Lipinski definition) is 1. The van der Waals surface area contributed by atoms with Crippen molar-refractivity contribution in [3.8, 4) is 0 Å². The van der Waals surface area contributed by atoms with Crippen LogP contribution in [-0.2, 0) is 17.9 Å². The molecular formula is C9H16N2O2. The summed E-state index contributed by atoms with van der Waals surface area (Å²) in [5.74, 6) is 1.51. The molecule has 0 fully saturated rings. The molecule has 0 bridgehead atoms. The van der Waals surface area contributed by atoms with Crippen molar-refractivity contribution < 1.29 is 9.15 Å². The van der Waals surface area contributed by atoms with Crippen molar-refractivity contribution in [1.82, 2.24) is 10.3 Å². The van der Waals surface area contributed by atoms with Crippen molar-refractivity contribution in [2.75, 3.05) is 13.2 Å². The molecule has 0 unspecified atom stereocenters. The summed E-state index contributed by atoms with van der Waals surface area (Å²) in [4.78, 5) is 4.10. The van der Waals surface area contributed by atoms with E-state index in [4.69, 9.17) is 9.15 Å². The Hall–Kier alpha value is -0.870. The standard InChI is InChI=1S/C9H16N2O2/c1-3-10-6-9-11-5-8(13-9)7-12-4-2/h5,10H,3-4,6-7H2,1-2H3. The largest absolute Gasteiger partial charge is 0.442 e. The molecule has 0 spiro atoms. The summed E-state index contributed by atoms with van der Waals surface area (Å²) in [6.07, 6.45) is 1.71. The van der Waals surface area contributed by atoms with Crippen LogP contribution < -0.4 is 5.32 Å². The highest BCUT2D eigenvalue weighted by molar-refractivity contribution is 4.92. The van der Waals surface area contributed by atoms with Crippen LogP contribution in [0.5, 0.6) is 0 Å². The molecule has 0 radical (unpaired) electrons. The lowest BCUT2D eigenvalue weighted by molar-refractivity contribution is 0.117. The fraction of sp³-hybridized carbons (Fsp3) is 0.667. The highest BCUT2D eigenvalue weighted by Crippen LogP contribution is 2.04. The van der Waals surface area contributed by atoms with E-state index >= 15 is 0 Å². The van der Waals surface area contributed by atoms with Crippen molar-refractivity contribution >= 4 is 0 Å². The Morgan fingerprint density at radius 3 is 3.08 bits per heavy atom. The zero-order valence-corrected chi connectivity index (χ0v) is 8.17. The third-order valence-electron chi connectivity index (χ3n) is 1.58. The fourth-order valence-corrected chi connectivity index (χ4v) is 0.931. The third-order valence-corrected chi connectivity index (χ3v) is 1.58. The number of hydrogen-bond acceptors (Lipinski definition) is 4. The topological polar surface area (TPSA) is 47.3 Å². The van der Waals surface area contributed by atoms with Gasteiger partial charge >= 0.3 is 0 Å². The quantitative estimate of drug-likeness (QED) is 0.724. The highest BCUT2D eigenvalue weighted by atomic mass is 16.5. The van der Waals surface area contributed by atoms with E-state index in [9.17, 15) is 0 Å². The number of nitrogens with zero attached hydrogens (tertiary/aromatic N) is 1. The second kappa shape index (κ2) is 5.72. The zero-order valence-electron chi connectivity index (χ0n) is 8.17. The minimum Gasteiger partial charge on any atom is -0.442 e. The fourth-order valence-electron chi connectivity index (χ4n) is 0.931. The Kier molecular flexibility index (Phi) is 4.49. The SMILES string of the molecule is CCNCc1ncc(COCC)o1. The summed E-state index contributed by atoms with van der Waals surface area (Å²) in [6.45, 7) is 6.81. The maximum atomic E-state index is 5.39. The lowest BCUT2D eigenvalue weighted by Gasteiger charge is -1.96. The molecule has 13 heavy (non-hydrogen) atoms. The number of nitrogens with one attached hydrogen (secondary N) is 1. The smallest absolute Gasteiger partial charge is 0.208 e. The maximum Gasteiger partial charge on any atom is 0.208 e. The van der Waals surface area contributed by atoms with Crippen molar-refractivity contribution in [3.05, 3.63) is 17.8 Å². The summed E-state index contributed by atoms with van der Waals surface area (Å²) in [6, 6.07) is 0. The number of aromatic nitrogens is 1. The molecule has 0 amide bonds. The molecule has 0 saturated heterocycles. The van der Waals surface area contributed by atoms with E-state index in [0.717, 1.165) is 18.2 Å². The van der Waals surface area contributed by atoms with Crippen molar-refractivity contribution in [2.45, 2.75) is 27.0 Å². The van der Waals surface area contributed by atoms with E-state index in [1.165, 1.54) is 0 Å². The molecule has 1 rings (SSSR count). The molecule has 4 nitrogen and oxygen atoms in total. The Morgan fingerprint density at radius 1 is 1.54 bits per heavy atom. The van der Waals surface area contributed by atoms with Crippen LogP contribution in [0, 0.1) is 0 Å². The predicted octanol–water partition coefficient (Wildman–Crippen LogP) is 1.32. The molecule has 0 aromatic carbocycles. The number of ether oxygens (including phenoxy) is 1. The zero-order chi connectivity index (χ0) is 9.52. The first-order valence-corrected chi connectivity index (χ1v) is 4.58. The number of rotatable bonds is 6. The van der Waals surface area contributed by atoms with Crippen molar-refractivity contribution in [3.63, 3.8) is 0 Å². The molecule has 0 atom stereocenters. The molecule has 1 aromatic rings. The second-order valence-electron chi connectivity index (χ2n) is 2.64. The Morgan fingerprint density at radius 2 is 2.38 bits per heavy atom. The molecule has 4 heteroatoms. The highest BCUT2D eigenvalue weighted by Gasteiger charge is 2.02. The Balaban J connectivity index is 2.34. The van der Waals surface area contributed by atoms with E-state index in [1.54, 1.807) is 6.20 Å². The van der Waals surface area contributed by atoms with Gasteiger partial charge in [-0.1, -0.05) is 6.92 Å². The molecule has 74 valence electrons. The van der Waals surface area contributed by atoms with Crippen LogP contribution in [0.25, 0.3) is 0 Å². The minimum absolute atomic E-state index is 0.510. The molecule has 0 aliphatic carbocycles. The summed E-state index contributed by atoms with van der Waals surface area (Å²) >= 11 is 0. The number of oxazole rings is 1. The second-order valence-corrected chi connectivity index (χ2v) is 2.64. The first-order chi connectivity index (χ1) is 6.36. The Bertz CT molecular complexity index is 213. The van der Waals surface area contributed by atoms with Gasteiger partial charge in [-0.3, -0.25) is 0 Å². The molecule has 1 N–H and O–H groups in total. The summed E-state index contributed by atoms with van der Waals surface area (Å²) in [5.41, 5.74) is 0. The van der Waals surface area contributed by atoms with Gasteiger partial charge in [0.25, 0.3) is 0 Å². The normalized spacial score (nSPS) is 10.6. The monoisotopic (exact) mass is 184 g/mol. The van der Waals surface area contributed by atoms with Gasteiger partial charge in [-0.25, -0.2) is 4.98 Å². The molecule has 1 heterocycles. The lowest BCUT2D eigenvalue weighted by atomic mass is 10.5. The van der Waals surface area contributed by atoms with Gasteiger partial charge in [0.1, 0.15) is 12.4 Å². The summed E-state index contributed by atoms with van der Waals surface area (Å²) < 4.78 is 10.6. The van der Waals surface area contributed by atoms with Gasteiger partial charge in [0, 0.05) is 6.61 Å². The van der Waals surface area contributed by atoms with Gasteiger partial charge in [0.05, 0.1) is 12.7 Å². The first kappa shape index (κ1) is 10.2. The van der Waals surface area contributed by atoms with E-state index in [2.05, 4.69) is 10.3 Å². The summed E-state index contributed by atoms with van der Waals surface area (Å²) in [5, 5.41) is 3.14. The van der Waals surface area contributed by atoms with Gasteiger partial charge in [-0.2, -0.15) is 0 Å². The average molecular weight is 184 g/mol. The van der Waals surface area contributed by atoms with Crippen LogP contribution in [0.3, 0.4) is 0 Å². The van der Waals surface area contributed by atoms with E-state index in [-0.39, 0.29) is 0 Å². The van der Waals surface area contributed by atoms with Crippen LogP contribution in [-0.4, -0.2) is 18.1 Å². The van der Waals surface area contributed by atoms with Crippen molar-refractivity contribution in [1.29, 1.82) is 0 Å². The van der Waals surface area contributed by atoms with E-state index in [1.807, 2.05) is 13.8 Å². The van der Waals surface area contributed by atoms with Gasteiger partial charge in [-0.05, 0) is 13.5 Å². The van der Waals surface area contributed by atoms with Crippen LogP contribution in [0.15, 0.2) is 10.6 Å². The van der Waals surface area contributed by atoms with Gasteiger partial charge < -0.3 is 14.5 Å². The molecule has 0 aliphatic heterocycles. The van der Waals surface area contributed by atoms with E-state index in [0.29, 0.717) is 19.8 Å². The molecular weight excluding hydrogens is 168 g/mol. The van der Waals surface area contributed by atoms with Crippen molar-refractivity contribution in [2.24, 2.45) is 0 Å². The van der Waals surface area contributed by atoms with Crippen LogP contribution in [0.2, 0.25) is 0 Å². The molecule has 0 saturated carbocycles. The van der Waals surface area contributed by atoms with Crippen LogP contribution in [0.1, 0.15) is 25.5 Å². The summed E-state index contributed by atoms with van der Waals surface area (Å²) in [7, 11) is 0. The maximum absolute atomic E-state index is 5.39. The van der Waals surface area contributed by atoms with Crippen LogP contribution in [0.4, 0.5) is 0 Å². The predicted molar refractivity (Wildman–Crippen MR) is 49.2 cm³/mol. The lowest BCUT2D eigenvalue weighted by Crippen LogP contribution is -2.11. The van der Waals surface area contributed by atoms with Gasteiger partial charge in [0.2, 0.25) is 5.89 Å². The van der Waals surface area contributed by atoms with Gasteiger partial charge in [0.15, 0.2) is 0 Å².